The molecule has 2 aliphatic heterocycles. The summed E-state index contributed by atoms with van der Waals surface area (Å²) in [5.74, 6) is 0.555. The molecule has 6 rings (SSSR count). The summed E-state index contributed by atoms with van der Waals surface area (Å²) < 4.78 is 6.07. The molecule has 2 fully saturated rings. The normalized spacial score (nSPS) is 33.4. The van der Waals surface area contributed by atoms with Crippen LogP contribution in [0.4, 0.5) is 0 Å². The van der Waals surface area contributed by atoms with E-state index in [0.717, 1.165) is 37.1 Å². The van der Waals surface area contributed by atoms with Gasteiger partial charge in [-0.3, -0.25) is 9.69 Å². The molecule has 2 N–H and O–H groups in total. The summed E-state index contributed by atoms with van der Waals surface area (Å²) in [6.45, 7) is 1.70. The van der Waals surface area contributed by atoms with E-state index in [1.165, 1.54) is 5.56 Å². The molecule has 0 amide bonds. The number of rotatable bonds is 3. The van der Waals surface area contributed by atoms with E-state index in [1.807, 2.05) is 12.1 Å². The predicted molar refractivity (Wildman–Crippen MR) is 114 cm³/mol. The van der Waals surface area contributed by atoms with Crippen LogP contribution in [0.1, 0.15) is 36.0 Å². The van der Waals surface area contributed by atoms with Crippen LogP contribution in [0.25, 0.3) is 0 Å². The third-order valence-corrected chi connectivity index (χ3v) is 7.90. The van der Waals surface area contributed by atoms with Crippen molar-refractivity contribution in [2.24, 2.45) is 0 Å². The van der Waals surface area contributed by atoms with E-state index < -0.39 is 17.1 Å². The zero-order chi connectivity index (χ0) is 19.8. The number of aliphatic hydroxyl groups is 1. The second-order valence-electron chi connectivity index (χ2n) is 9.05. The number of halogens is 1. The number of piperidine rings is 1. The Kier molecular flexibility index (Phi) is 4.44. The van der Waals surface area contributed by atoms with Crippen LogP contribution in [-0.2, 0) is 23.1 Å². The number of phenolic OH excluding ortho intramolecular Hbond substituents is 1. The van der Waals surface area contributed by atoms with Gasteiger partial charge in [0.1, 0.15) is 0 Å². The number of Topliss-reactive ketones (excluding diaryl/α,β-unsaturated/α-hetero) is 1. The lowest BCUT2D eigenvalue weighted by atomic mass is 9.49. The van der Waals surface area contributed by atoms with Gasteiger partial charge >= 0.3 is 0 Å². The molecule has 0 radical (unpaired) electrons. The molecule has 4 atom stereocenters. The average Bonchev–Trinajstić information content (AvgIpc) is 3.09. The molecule has 1 saturated heterocycles. The maximum absolute atomic E-state index is 12.8. The third-order valence-electron chi connectivity index (χ3n) is 7.90. The SMILES string of the molecule is Cl.O=C1CC[C@@]2(O)[C@@H]3Cc4ccc(O)c5c4[C@@]2(CCN3CCc2ccccc2)[C@H]1O5. The van der Waals surface area contributed by atoms with Crippen molar-refractivity contribution in [3.63, 3.8) is 0 Å². The van der Waals surface area contributed by atoms with Crippen LogP contribution in [0.15, 0.2) is 42.5 Å². The van der Waals surface area contributed by atoms with Crippen molar-refractivity contribution in [1.82, 2.24) is 4.90 Å². The predicted octanol–water partition coefficient (Wildman–Crippen LogP) is 2.78. The second kappa shape index (κ2) is 6.71. The summed E-state index contributed by atoms with van der Waals surface area (Å²) in [7, 11) is 0. The van der Waals surface area contributed by atoms with Crippen molar-refractivity contribution in [3.8, 4) is 11.5 Å². The van der Waals surface area contributed by atoms with Crippen LogP contribution < -0.4 is 4.74 Å². The number of hydrogen-bond donors (Lipinski definition) is 2. The Morgan fingerprint density at radius 1 is 1.13 bits per heavy atom. The molecule has 4 aliphatic rings. The van der Waals surface area contributed by atoms with Gasteiger partial charge in [-0.25, -0.2) is 0 Å². The van der Waals surface area contributed by atoms with Crippen LogP contribution in [-0.4, -0.2) is 51.7 Å². The minimum absolute atomic E-state index is 0. The van der Waals surface area contributed by atoms with Gasteiger partial charge in [-0.05, 0) is 49.4 Å². The number of carbonyl (C=O) groups excluding carboxylic acids is 1. The molecule has 2 aliphatic carbocycles. The van der Waals surface area contributed by atoms with Gasteiger partial charge in [-0.1, -0.05) is 36.4 Å². The Morgan fingerprint density at radius 2 is 1.93 bits per heavy atom. The summed E-state index contributed by atoms with van der Waals surface area (Å²) in [4.78, 5) is 15.3. The number of benzene rings is 2. The lowest BCUT2D eigenvalue weighted by Crippen LogP contribution is -2.76. The number of aromatic hydroxyl groups is 1. The molecule has 5 nitrogen and oxygen atoms in total. The molecule has 6 heteroatoms. The van der Waals surface area contributed by atoms with Crippen molar-refractivity contribution < 1.29 is 19.7 Å². The summed E-state index contributed by atoms with van der Waals surface area (Å²) >= 11 is 0. The Bertz CT molecular complexity index is 1010. The molecular weight excluding hydrogens is 402 g/mol. The van der Waals surface area contributed by atoms with E-state index in [1.54, 1.807) is 6.07 Å². The van der Waals surface area contributed by atoms with E-state index in [4.69, 9.17) is 4.74 Å². The smallest absolute Gasteiger partial charge is 0.174 e. The van der Waals surface area contributed by atoms with Crippen molar-refractivity contribution in [2.75, 3.05) is 13.1 Å². The Balaban J connectivity index is 0.00000193. The summed E-state index contributed by atoms with van der Waals surface area (Å²) in [6, 6.07) is 14.0. The topological polar surface area (TPSA) is 70.0 Å². The van der Waals surface area contributed by atoms with Crippen LogP contribution in [0, 0.1) is 0 Å². The molecule has 2 aromatic carbocycles. The molecule has 2 aromatic rings. The van der Waals surface area contributed by atoms with Crippen LogP contribution in [0.2, 0.25) is 0 Å². The van der Waals surface area contributed by atoms with E-state index in [0.29, 0.717) is 25.0 Å². The van der Waals surface area contributed by atoms with Gasteiger partial charge in [0.2, 0.25) is 0 Å². The van der Waals surface area contributed by atoms with Gasteiger partial charge in [-0.2, -0.15) is 0 Å². The van der Waals surface area contributed by atoms with Crippen LogP contribution in [0.3, 0.4) is 0 Å². The van der Waals surface area contributed by atoms with Gasteiger partial charge in [0.05, 0.1) is 11.0 Å². The molecular formula is C24H26ClNO4. The van der Waals surface area contributed by atoms with E-state index in [-0.39, 0.29) is 30.0 Å². The number of phenols is 1. The van der Waals surface area contributed by atoms with Crippen molar-refractivity contribution >= 4 is 18.2 Å². The molecule has 30 heavy (non-hydrogen) atoms. The average molecular weight is 428 g/mol. The first-order valence-corrected chi connectivity index (χ1v) is 10.6. The lowest BCUT2D eigenvalue weighted by Gasteiger charge is -2.62. The van der Waals surface area contributed by atoms with Gasteiger partial charge in [0.25, 0.3) is 0 Å². The number of likely N-dealkylation sites (tertiary alicyclic amines) is 1. The first-order chi connectivity index (χ1) is 14.0. The maximum atomic E-state index is 12.8. The van der Waals surface area contributed by atoms with Crippen molar-refractivity contribution in [3.05, 3.63) is 59.2 Å². The van der Waals surface area contributed by atoms with E-state index in [2.05, 4.69) is 29.2 Å². The number of carbonyl (C=O) groups is 1. The zero-order valence-electron chi connectivity index (χ0n) is 16.7. The lowest BCUT2D eigenvalue weighted by molar-refractivity contribution is -0.188. The summed E-state index contributed by atoms with van der Waals surface area (Å²) in [5.41, 5.74) is 1.57. The highest BCUT2D eigenvalue weighted by molar-refractivity contribution is 5.90. The van der Waals surface area contributed by atoms with Crippen molar-refractivity contribution in [2.45, 2.75) is 55.3 Å². The summed E-state index contributed by atoms with van der Waals surface area (Å²) in [5, 5.41) is 22.5. The monoisotopic (exact) mass is 427 g/mol. The number of ketones is 1. The Hall–Kier alpha value is -2.08. The van der Waals surface area contributed by atoms with E-state index in [9.17, 15) is 15.0 Å². The fourth-order valence-electron chi connectivity index (χ4n) is 6.60. The van der Waals surface area contributed by atoms with Gasteiger partial charge in [0.15, 0.2) is 23.4 Å². The third kappa shape index (κ3) is 2.34. The highest BCUT2D eigenvalue weighted by atomic mass is 35.5. The molecule has 0 unspecified atom stereocenters. The minimum atomic E-state index is -1.01. The van der Waals surface area contributed by atoms with Gasteiger partial charge in [0, 0.05) is 24.6 Å². The first kappa shape index (κ1) is 19.9. The number of ether oxygens (including phenoxy) is 1. The van der Waals surface area contributed by atoms with Crippen LogP contribution >= 0.6 is 12.4 Å². The second-order valence-corrected chi connectivity index (χ2v) is 9.05. The van der Waals surface area contributed by atoms with Gasteiger partial charge in [-0.15, -0.1) is 12.4 Å². The molecule has 1 saturated carbocycles. The summed E-state index contributed by atoms with van der Waals surface area (Å²) in [6.07, 6.45) is 2.45. The Labute approximate surface area is 182 Å². The largest absolute Gasteiger partial charge is 0.504 e. The molecule has 1 spiro atoms. The highest BCUT2D eigenvalue weighted by Gasteiger charge is 2.73. The zero-order valence-corrected chi connectivity index (χ0v) is 17.5. The molecule has 0 aromatic heterocycles. The fourth-order valence-corrected chi connectivity index (χ4v) is 6.60. The fraction of sp³-hybridized carbons (Fsp3) is 0.458. The first-order valence-electron chi connectivity index (χ1n) is 10.6. The minimum Gasteiger partial charge on any atom is -0.504 e. The quantitative estimate of drug-likeness (QED) is 0.788. The van der Waals surface area contributed by atoms with E-state index >= 15 is 0 Å². The van der Waals surface area contributed by atoms with Crippen molar-refractivity contribution in [1.29, 1.82) is 0 Å². The van der Waals surface area contributed by atoms with Gasteiger partial charge < -0.3 is 14.9 Å². The Morgan fingerprint density at radius 3 is 2.73 bits per heavy atom. The molecule has 2 bridgehead atoms. The highest BCUT2D eigenvalue weighted by Crippen LogP contribution is 2.64. The standard InChI is InChI=1S/C24H25NO4.ClH/c26-17-7-6-16-14-19-24(28)10-8-18(27)22-23(24,20(16)21(17)29-22)11-13-25(19)12-9-15-4-2-1-3-5-15;/h1-7,19,22,26,28H,8-14H2;1H/t19-,22-,23-,24+;/m0./s1. The molecule has 2 heterocycles. The number of hydrogen-bond acceptors (Lipinski definition) is 5. The van der Waals surface area contributed by atoms with Crippen LogP contribution in [0.5, 0.6) is 11.5 Å². The number of nitrogens with zero attached hydrogens (tertiary/aromatic N) is 1. The molecule has 158 valence electrons. The maximum Gasteiger partial charge on any atom is 0.174 e.